The highest BCUT2D eigenvalue weighted by atomic mass is 16.1. The molecule has 3 rings (SSSR count). The molecule has 0 amide bonds. The summed E-state index contributed by atoms with van der Waals surface area (Å²) in [5.74, 6) is 0. The van der Waals surface area contributed by atoms with E-state index < -0.39 is 0 Å². The second-order valence-corrected chi connectivity index (χ2v) is 5.68. The molecule has 0 saturated heterocycles. The molecule has 1 aliphatic rings. The zero-order chi connectivity index (χ0) is 14.8. The molecule has 0 aliphatic carbocycles. The van der Waals surface area contributed by atoms with Crippen molar-refractivity contribution in [2.24, 2.45) is 0 Å². The van der Waals surface area contributed by atoms with Crippen molar-refractivity contribution >= 4 is 16.6 Å². The van der Waals surface area contributed by atoms with E-state index in [1.54, 1.807) is 0 Å². The zero-order valence-corrected chi connectivity index (χ0v) is 12.8. The molecule has 0 spiro atoms. The van der Waals surface area contributed by atoms with Crippen molar-refractivity contribution in [3.63, 3.8) is 0 Å². The van der Waals surface area contributed by atoms with Crippen LogP contribution < -0.4 is 10.9 Å². The van der Waals surface area contributed by atoms with Gasteiger partial charge in [0.25, 0.3) is 5.56 Å². The minimum absolute atomic E-state index is 0.0599. The first-order valence-electron chi connectivity index (χ1n) is 7.87. The van der Waals surface area contributed by atoms with Gasteiger partial charge in [0.2, 0.25) is 0 Å². The Morgan fingerprint density at radius 3 is 2.81 bits per heavy atom. The molecule has 0 fully saturated rings. The molecule has 21 heavy (non-hydrogen) atoms. The van der Waals surface area contributed by atoms with Crippen LogP contribution in [0, 0.1) is 0 Å². The van der Waals surface area contributed by atoms with Crippen LogP contribution in [0.25, 0.3) is 10.9 Å². The van der Waals surface area contributed by atoms with Crippen molar-refractivity contribution in [3.8, 4) is 0 Å². The Balaban J connectivity index is 2.04. The minimum atomic E-state index is 0.0599. The Kier molecular flexibility index (Phi) is 3.97. The van der Waals surface area contributed by atoms with E-state index in [2.05, 4.69) is 47.2 Å². The van der Waals surface area contributed by atoms with Gasteiger partial charge in [-0.2, -0.15) is 0 Å². The summed E-state index contributed by atoms with van der Waals surface area (Å²) in [5.41, 5.74) is 4.19. The summed E-state index contributed by atoms with van der Waals surface area (Å²) in [4.78, 5) is 17.6. The molecule has 1 aromatic heterocycles. The van der Waals surface area contributed by atoms with Gasteiger partial charge in [0.15, 0.2) is 0 Å². The maximum absolute atomic E-state index is 12.2. The quantitative estimate of drug-likeness (QED) is 0.908. The lowest BCUT2D eigenvalue weighted by molar-refractivity contribution is 0.296. The number of benzene rings is 1. The van der Waals surface area contributed by atoms with Crippen molar-refractivity contribution < 1.29 is 0 Å². The van der Waals surface area contributed by atoms with Crippen molar-refractivity contribution in [3.05, 3.63) is 39.7 Å². The molecular formula is C17H23N3O. The number of fused-ring (bicyclic) bond motifs is 3. The van der Waals surface area contributed by atoms with Crippen LogP contribution in [0.3, 0.4) is 0 Å². The van der Waals surface area contributed by atoms with Gasteiger partial charge in [0.05, 0.1) is 11.2 Å². The maximum Gasteiger partial charge on any atom is 0.253 e. The standard InChI is InChI=1S/C17H23N3O/c1-3-20(4-2)11-12-7-8-13-15(10-12)19-17(21)14-6-5-9-18-16(13)14/h7-8,10,18H,3-6,9,11H2,1-2H3,(H,19,21). The first-order valence-corrected chi connectivity index (χ1v) is 7.87. The monoisotopic (exact) mass is 285 g/mol. The first-order chi connectivity index (χ1) is 10.2. The van der Waals surface area contributed by atoms with E-state index in [1.165, 1.54) is 5.56 Å². The lowest BCUT2D eigenvalue weighted by Crippen LogP contribution is -2.23. The number of nitrogens with zero attached hydrogens (tertiary/aromatic N) is 1. The Labute approximate surface area is 125 Å². The molecule has 0 bridgehead atoms. The SMILES string of the molecule is CCN(CC)Cc1ccc2c3c(c(=O)[nH]c2c1)CCCN3. The van der Waals surface area contributed by atoms with Gasteiger partial charge >= 0.3 is 0 Å². The van der Waals surface area contributed by atoms with Crippen LogP contribution in [0.15, 0.2) is 23.0 Å². The zero-order valence-electron chi connectivity index (χ0n) is 12.8. The largest absolute Gasteiger partial charge is 0.384 e. The van der Waals surface area contributed by atoms with E-state index in [-0.39, 0.29) is 5.56 Å². The van der Waals surface area contributed by atoms with Crippen molar-refractivity contribution in [1.82, 2.24) is 9.88 Å². The predicted octanol–water partition coefficient (Wildman–Crippen LogP) is 2.73. The molecule has 1 aliphatic heterocycles. The van der Waals surface area contributed by atoms with Crippen LogP contribution in [0.2, 0.25) is 0 Å². The molecule has 1 aromatic carbocycles. The lowest BCUT2D eigenvalue weighted by atomic mass is 10.0. The highest BCUT2D eigenvalue weighted by Crippen LogP contribution is 2.28. The third kappa shape index (κ3) is 2.68. The summed E-state index contributed by atoms with van der Waals surface area (Å²) >= 11 is 0. The first kappa shape index (κ1) is 14.1. The van der Waals surface area contributed by atoms with E-state index in [1.807, 2.05) is 0 Å². The highest BCUT2D eigenvalue weighted by molar-refractivity contribution is 5.93. The average Bonchev–Trinajstić information content (AvgIpc) is 2.52. The number of aromatic nitrogens is 1. The van der Waals surface area contributed by atoms with E-state index in [9.17, 15) is 4.79 Å². The summed E-state index contributed by atoms with van der Waals surface area (Å²) in [6.45, 7) is 8.30. The number of hydrogen-bond acceptors (Lipinski definition) is 3. The smallest absolute Gasteiger partial charge is 0.253 e. The van der Waals surface area contributed by atoms with Crippen LogP contribution in [0.1, 0.15) is 31.4 Å². The topological polar surface area (TPSA) is 48.1 Å². The number of nitrogens with one attached hydrogen (secondary N) is 2. The fraction of sp³-hybridized carbons (Fsp3) is 0.471. The summed E-state index contributed by atoms with van der Waals surface area (Å²) in [6, 6.07) is 6.43. The number of hydrogen-bond donors (Lipinski definition) is 2. The van der Waals surface area contributed by atoms with Gasteiger partial charge in [-0.05, 0) is 37.6 Å². The third-order valence-corrected chi connectivity index (χ3v) is 4.38. The van der Waals surface area contributed by atoms with Crippen LogP contribution in [-0.2, 0) is 13.0 Å². The fourth-order valence-corrected chi connectivity index (χ4v) is 3.11. The number of aromatic amines is 1. The predicted molar refractivity (Wildman–Crippen MR) is 88.0 cm³/mol. The molecular weight excluding hydrogens is 262 g/mol. The van der Waals surface area contributed by atoms with Crippen molar-refractivity contribution in [2.75, 3.05) is 25.0 Å². The average molecular weight is 285 g/mol. The molecule has 0 unspecified atom stereocenters. The van der Waals surface area contributed by atoms with Crippen molar-refractivity contribution in [1.29, 1.82) is 0 Å². The normalized spacial score (nSPS) is 14.2. The number of pyridine rings is 1. The van der Waals surface area contributed by atoms with E-state index in [4.69, 9.17) is 0 Å². The minimum Gasteiger partial charge on any atom is -0.384 e. The van der Waals surface area contributed by atoms with Gasteiger partial charge in [0.1, 0.15) is 0 Å². The molecule has 0 radical (unpaired) electrons. The van der Waals surface area contributed by atoms with Crippen LogP contribution in [0.4, 0.5) is 5.69 Å². The van der Waals surface area contributed by atoms with Crippen LogP contribution >= 0.6 is 0 Å². The Bertz CT molecular complexity index is 701. The number of rotatable bonds is 4. The van der Waals surface area contributed by atoms with Gasteiger partial charge in [0, 0.05) is 24.0 Å². The third-order valence-electron chi connectivity index (χ3n) is 4.38. The van der Waals surface area contributed by atoms with Gasteiger partial charge < -0.3 is 10.3 Å². The molecule has 0 atom stereocenters. The van der Waals surface area contributed by atoms with Gasteiger partial charge in [-0.1, -0.05) is 26.0 Å². The van der Waals surface area contributed by atoms with Crippen LogP contribution in [-0.4, -0.2) is 29.5 Å². The molecule has 0 saturated carbocycles. The lowest BCUT2D eigenvalue weighted by Gasteiger charge is -2.21. The van der Waals surface area contributed by atoms with E-state index in [0.717, 1.165) is 61.2 Å². The van der Waals surface area contributed by atoms with Gasteiger partial charge in [-0.25, -0.2) is 0 Å². The molecule has 112 valence electrons. The van der Waals surface area contributed by atoms with Crippen molar-refractivity contribution in [2.45, 2.75) is 33.2 Å². The summed E-state index contributed by atoms with van der Waals surface area (Å²) in [7, 11) is 0. The summed E-state index contributed by atoms with van der Waals surface area (Å²) < 4.78 is 0. The van der Waals surface area contributed by atoms with E-state index >= 15 is 0 Å². The number of H-pyrrole nitrogens is 1. The molecule has 4 nitrogen and oxygen atoms in total. The second kappa shape index (κ2) is 5.90. The molecule has 2 N–H and O–H groups in total. The second-order valence-electron chi connectivity index (χ2n) is 5.68. The summed E-state index contributed by atoms with van der Waals surface area (Å²) in [5, 5.41) is 4.53. The number of anilines is 1. The molecule has 2 heterocycles. The fourth-order valence-electron chi connectivity index (χ4n) is 3.11. The van der Waals surface area contributed by atoms with Crippen LogP contribution in [0.5, 0.6) is 0 Å². The Hall–Kier alpha value is -1.81. The van der Waals surface area contributed by atoms with E-state index in [0.29, 0.717) is 0 Å². The summed E-state index contributed by atoms with van der Waals surface area (Å²) in [6.07, 6.45) is 1.90. The molecule has 2 aromatic rings. The molecule has 4 heteroatoms. The van der Waals surface area contributed by atoms with Gasteiger partial charge in [-0.15, -0.1) is 0 Å². The Morgan fingerprint density at radius 2 is 2.05 bits per heavy atom. The van der Waals surface area contributed by atoms with Gasteiger partial charge in [-0.3, -0.25) is 9.69 Å². The highest BCUT2D eigenvalue weighted by Gasteiger charge is 2.16. The Morgan fingerprint density at radius 1 is 1.24 bits per heavy atom. The maximum atomic E-state index is 12.2.